The van der Waals surface area contributed by atoms with Crippen molar-refractivity contribution in [3.05, 3.63) is 99.3 Å². The fourth-order valence-electron chi connectivity index (χ4n) is 2.88. The monoisotopic (exact) mass is 398 g/mol. The smallest absolute Gasteiger partial charge is 0.254 e. The van der Waals surface area contributed by atoms with Gasteiger partial charge in [-0.05, 0) is 55.3 Å². The average Bonchev–Trinajstić information content (AvgIpc) is 2.66. The third kappa shape index (κ3) is 5.31. The van der Waals surface area contributed by atoms with E-state index < -0.39 is 0 Å². The SMILES string of the molecule is Cc1cccc(CN(CCc2ccc(Cl)cc2Cl)C(=O)c2ccccc2)n1. The highest BCUT2D eigenvalue weighted by atomic mass is 35.5. The van der Waals surface area contributed by atoms with E-state index in [9.17, 15) is 4.79 Å². The van der Waals surface area contributed by atoms with Gasteiger partial charge in [0.05, 0.1) is 12.2 Å². The van der Waals surface area contributed by atoms with Crippen LogP contribution in [-0.2, 0) is 13.0 Å². The van der Waals surface area contributed by atoms with E-state index in [1.165, 1.54) is 0 Å². The van der Waals surface area contributed by atoms with Crippen molar-refractivity contribution in [3.8, 4) is 0 Å². The molecule has 0 spiro atoms. The van der Waals surface area contributed by atoms with Crippen molar-refractivity contribution >= 4 is 29.1 Å². The highest BCUT2D eigenvalue weighted by molar-refractivity contribution is 6.35. The first-order valence-electron chi connectivity index (χ1n) is 8.74. The number of aromatic nitrogens is 1. The molecule has 3 aromatic rings. The molecule has 5 heteroatoms. The summed E-state index contributed by atoms with van der Waals surface area (Å²) in [6.07, 6.45) is 0.639. The zero-order valence-electron chi connectivity index (χ0n) is 15.0. The number of hydrogen-bond acceptors (Lipinski definition) is 2. The topological polar surface area (TPSA) is 33.2 Å². The van der Waals surface area contributed by atoms with Gasteiger partial charge in [0.25, 0.3) is 5.91 Å². The van der Waals surface area contributed by atoms with Crippen molar-refractivity contribution in [1.82, 2.24) is 9.88 Å². The molecule has 0 N–H and O–H groups in total. The number of nitrogens with zero attached hydrogens (tertiary/aromatic N) is 2. The van der Waals surface area contributed by atoms with Crippen LogP contribution in [-0.4, -0.2) is 22.3 Å². The maximum atomic E-state index is 13.0. The molecule has 3 nitrogen and oxygen atoms in total. The largest absolute Gasteiger partial charge is 0.332 e. The van der Waals surface area contributed by atoms with Crippen molar-refractivity contribution in [2.45, 2.75) is 19.9 Å². The Morgan fingerprint density at radius 3 is 2.48 bits per heavy atom. The predicted molar refractivity (Wildman–Crippen MR) is 110 cm³/mol. The Labute approximate surface area is 169 Å². The second kappa shape index (κ2) is 9.03. The summed E-state index contributed by atoms with van der Waals surface area (Å²) in [5.41, 5.74) is 3.42. The van der Waals surface area contributed by atoms with Crippen LogP contribution in [0.25, 0.3) is 0 Å². The molecule has 1 aromatic heterocycles. The van der Waals surface area contributed by atoms with E-state index in [0.29, 0.717) is 35.1 Å². The van der Waals surface area contributed by atoms with E-state index in [1.807, 2.05) is 72.5 Å². The van der Waals surface area contributed by atoms with Gasteiger partial charge >= 0.3 is 0 Å². The van der Waals surface area contributed by atoms with Crippen molar-refractivity contribution in [3.63, 3.8) is 0 Å². The Balaban J connectivity index is 1.81. The lowest BCUT2D eigenvalue weighted by Crippen LogP contribution is -2.33. The molecule has 0 atom stereocenters. The minimum absolute atomic E-state index is 0.0241. The summed E-state index contributed by atoms with van der Waals surface area (Å²) < 4.78 is 0. The summed E-state index contributed by atoms with van der Waals surface area (Å²) in [5, 5.41) is 1.22. The van der Waals surface area contributed by atoms with Crippen molar-refractivity contribution < 1.29 is 4.79 Å². The fourth-order valence-corrected chi connectivity index (χ4v) is 3.38. The summed E-state index contributed by atoms with van der Waals surface area (Å²) in [5.74, 6) is -0.0241. The maximum absolute atomic E-state index is 13.0. The molecule has 0 radical (unpaired) electrons. The van der Waals surface area contributed by atoms with Crippen LogP contribution in [0, 0.1) is 6.92 Å². The molecule has 0 saturated heterocycles. The molecule has 0 aliphatic carbocycles. The number of rotatable bonds is 6. The van der Waals surface area contributed by atoms with Crippen LogP contribution < -0.4 is 0 Å². The van der Waals surface area contributed by atoms with Crippen molar-refractivity contribution in [2.24, 2.45) is 0 Å². The molecule has 1 amide bonds. The Bertz CT molecular complexity index is 929. The lowest BCUT2D eigenvalue weighted by molar-refractivity contribution is 0.0743. The number of halogens is 2. The van der Waals surface area contributed by atoms with Gasteiger partial charge in [-0.1, -0.05) is 53.5 Å². The number of pyridine rings is 1. The Morgan fingerprint density at radius 1 is 1.00 bits per heavy atom. The van der Waals surface area contributed by atoms with Crippen molar-refractivity contribution in [2.75, 3.05) is 6.54 Å². The van der Waals surface area contributed by atoms with E-state index in [2.05, 4.69) is 4.98 Å². The molecule has 0 saturated carbocycles. The van der Waals surface area contributed by atoms with E-state index in [1.54, 1.807) is 6.07 Å². The summed E-state index contributed by atoms with van der Waals surface area (Å²) in [4.78, 5) is 19.4. The van der Waals surface area contributed by atoms with E-state index in [-0.39, 0.29) is 5.91 Å². The number of carbonyl (C=O) groups is 1. The first kappa shape index (κ1) is 19.4. The molecular weight excluding hydrogens is 379 g/mol. The van der Waals surface area contributed by atoms with Gasteiger partial charge in [-0.15, -0.1) is 0 Å². The second-order valence-corrected chi connectivity index (χ2v) is 7.19. The Hall–Kier alpha value is -2.36. The second-order valence-electron chi connectivity index (χ2n) is 6.35. The zero-order valence-corrected chi connectivity index (χ0v) is 16.5. The predicted octanol–water partition coefficient (Wildman–Crippen LogP) is 5.58. The Kier molecular flexibility index (Phi) is 6.49. The van der Waals surface area contributed by atoms with Gasteiger partial charge in [-0.2, -0.15) is 0 Å². The van der Waals surface area contributed by atoms with Crippen LogP contribution in [0.5, 0.6) is 0 Å². The number of hydrogen-bond donors (Lipinski definition) is 0. The molecule has 3 rings (SSSR count). The number of amides is 1. The normalized spacial score (nSPS) is 10.6. The third-order valence-electron chi connectivity index (χ3n) is 4.27. The lowest BCUT2D eigenvalue weighted by Gasteiger charge is -2.23. The number of carbonyl (C=O) groups excluding carboxylic acids is 1. The summed E-state index contributed by atoms with van der Waals surface area (Å²) in [6, 6.07) is 20.6. The van der Waals surface area contributed by atoms with Gasteiger partial charge in [0.2, 0.25) is 0 Å². The van der Waals surface area contributed by atoms with Gasteiger partial charge in [0.1, 0.15) is 0 Å². The fraction of sp³-hybridized carbons (Fsp3) is 0.182. The minimum Gasteiger partial charge on any atom is -0.332 e. The van der Waals surface area contributed by atoms with Crippen LogP contribution in [0.3, 0.4) is 0 Å². The first-order valence-corrected chi connectivity index (χ1v) is 9.49. The van der Waals surface area contributed by atoms with Crippen molar-refractivity contribution in [1.29, 1.82) is 0 Å². The standard InChI is InChI=1S/C22H20Cl2N2O/c1-16-6-5-9-20(25-16)15-26(22(27)18-7-3-2-4-8-18)13-12-17-10-11-19(23)14-21(17)24/h2-11,14H,12-13,15H2,1H3. The summed E-state index contributed by atoms with van der Waals surface area (Å²) in [7, 11) is 0. The Morgan fingerprint density at radius 2 is 1.78 bits per heavy atom. The summed E-state index contributed by atoms with van der Waals surface area (Å²) in [6.45, 7) is 2.92. The van der Waals surface area contributed by atoms with Crippen LogP contribution in [0.1, 0.15) is 27.3 Å². The molecule has 27 heavy (non-hydrogen) atoms. The van der Waals surface area contributed by atoms with E-state index >= 15 is 0 Å². The van der Waals surface area contributed by atoms with Crippen LogP contribution in [0.4, 0.5) is 0 Å². The molecule has 1 heterocycles. The molecule has 138 valence electrons. The van der Waals surface area contributed by atoms with Gasteiger partial charge in [-0.3, -0.25) is 9.78 Å². The quantitative estimate of drug-likeness (QED) is 0.542. The number of benzene rings is 2. The van der Waals surface area contributed by atoms with E-state index in [0.717, 1.165) is 17.0 Å². The van der Waals surface area contributed by atoms with Crippen LogP contribution in [0.15, 0.2) is 66.7 Å². The molecular formula is C22H20Cl2N2O. The van der Waals surface area contributed by atoms with Gasteiger partial charge in [0, 0.05) is 27.8 Å². The number of aryl methyl sites for hydroxylation is 1. The molecule has 0 aliphatic rings. The zero-order chi connectivity index (χ0) is 19.2. The summed E-state index contributed by atoms with van der Waals surface area (Å²) >= 11 is 12.3. The minimum atomic E-state index is -0.0241. The molecule has 0 fully saturated rings. The van der Waals surface area contributed by atoms with Gasteiger partial charge < -0.3 is 4.90 Å². The van der Waals surface area contributed by atoms with E-state index in [4.69, 9.17) is 23.2 Å². The third-order valence-corrected chi connectivity index (χ3v) is 4.86. The molecule has 0 bridgehead atoms. The lowest BCUT2D eigenvalue weighted by atomic mass is 10.1. The highest BCUT2D eigenvalue weighted by Crippen LogP contribution is 2.22. The molecule has 0 unspecified atom stereocenters. The van der Waals surface area contributed by atoms with Crippen LogP contribution >= 0.6 is 23.2 Å². The van der Waals surface area contributed by atoms with Gasteiger partial charge in [-0.25, -0.2) is 0 Å². The first-order chi connectivity index (χ1) is 13.0. The highest BCUT2D eigenvalue weighted by Gasteiger charge is 2.17. The molecule has 0 aliphatic heterocycles. The van der Waals surface area contributed by atoms with Gasteiger partial charge in [0.15, 0.2) is 0 Å². The average molecular weight is 399 g/mol. The molecule has 2 aromatic carbocycles. The van der Waals surface area contributed by atoms with Crippen LogP contribution in [0.2, 0.25) is 10.0 Å². The maximum Gasteiger partial charge on any atom is 0.254 e.